The highest BCUT2D eigenvalue weighted by Gasteiger charge is 2.17. The van der Waals surface area contributed by atoms with Gasteiger partial charge < -0.3 is 10.5 Å². The van der Waals surface area contributed by atoms with Crippen LogP contribution in [0.4, 0.5) is 0 Å². The summed E-state index contributed by atoms with van der Waals surface area (Å²) in [6.45, 7) is 7.36. The Labute approximate surface area is 128 Å². The molecule has 0 radical (unpaired) electrons. The molecule has 0 atom stereocenters. The summed E-state index contributed by atoms with van der Waals surface area (Å²) in [6, 6.07) is 8.03. The second-order valence-electron chi connectivity index (χ2n) is 4.93. The molecule has 0 saturated heterocycles. The zero-order valence-electron chi connectivity index (χ0n) is 12.5. The summed E-state index contributed by atoms with van der Waals surface area (Å²) < 4.78 is 7.66. The highest BCUT2D eigenvalue weighted by Crippen LogP contribution is 2.31. The number of fused-ring (bicyclic) bond motifs is 1. The fourth-order valence-corrected chi connectivity index (χ4v) is 3.50. The van der Waals surface area contributed by atoms with Gasteiger partial charge in [-0.2, -0.15) is 0 Å². The van der Waals surface area contributed by atoms with E-state index in [1.54, 1.807) is 11.3 Å². The van der Waals surface area contributed by atoms with Crippen molar-refractivity contribution in [3.8, 4) is 17.0 Å². The molecule has 4 nitrogen and oxygen atoms in total. The van der Waals surface area contributed by atoms with E-state index >= 15 is 0 Å². The summed E-state index contributed by atoms with van der Waals surface area (Å²) in [7, 11) is 0. The molecule has 1 aromatic carbocycles. The number of imidazole rings is 1. The first kappa shape index (κ1) is 14.1. The molecule has 0 aliphatic rings. The molecule has 2 N–H and O–H groups in total. The maximum absolute atomic E-state index is 5.97. The molecule has 110 valence electrons. The van der Waals surface area contributed by atoms with Crippen LogP contribution in [0.25, 0.3) is 16.2 Å². The van der Waals surface area contributed by atoms with Crippen molar-refractivity contribution in [1.29, 1.82) is 0 Å². The Morgan fingerprint density at radius 2 is 1.95 bits per heavy atom. The second-order valence-corrected chi connectivity index (χ2v) is 6.11. The predicted octanol–water partition coefficient (Wildman–Crippen LogP) is 3.54. The van der Waals surface area contributed by atoms with Crippen molar-refractivity contribution in [2.45, 2.75) is 27.3 Å². The lowest BCUT2D eigenvalue weighted by molar-refractivity contribution is 0.340. The lowest BCUT2D eigenvalue weighted by atomic mass is 10.1. The van der Waals surface area contributed by atoms with Crippen LogP contribution in [0, 0.1) is 13.8 Å². The first-order valence-corrected chi connectivity index (χ1v) is 7.88. The van der Waals surface area contributed by atoms with Gasteiger partial charge in [0.25, 0.3) is 0 Å². The van der Waals surface area contributed by atoms with E-state index in [1.165, 1.54) is 10.6 Å². The average molecular weight is 301 g/mol. The van der Waals surface area contributed by atoms with Gasteiger partial charge in [0.2, 0.25) is 0 Å². The number of aryl methyl sites for hydroxylation is 2. The summed E-state index contributed by atoms with van der Waals surface area (Å²) in [5.74, 6) is 0.878. The van der Waals surface area contributed by atoms with Gasteiger partial charge in [-0.3, -0.25) is 4.40 Å². The highest BCUT2D eigenvalue weighted by molar-refractivity contribution is 7.17. The third-order valence-corrected chi connectivity index (χ3v) is 4.72. The van der Waals surface area contributed by atoms with E-state index in [4.69, 9.17) is 15.5 Å². The SMILES string of the molecule is CCOc1ccc(-c2nc3sc(C)c(C)n3c2CN)cc1. The number of nitrogens with zero attached hydrogens (tertiary/aromatic N) is 2. The van der Waals surface area contributed by atoms with Gasteiger partial charge in [0.05, 0.1) is 18.0 Å². The Kier molecular flexibility index (Phi) is 3.69. The highest BCUT2D eigenvalue weighted by atomic mass is 32.1. The molecule has 0 bridgehead atoms. The zero-order valence-corrected chi connectivity index (χ0v) is 13.3. The quantitative estimate of drug-likeness (QED) is 0.802. The minimum Gasteiger partial charge on any atom is -0.494 e. The maximum Gasteiger partial charge on any atom is 0.194 e. The van der Waals surface area contributed by atoms with Crippen molar-refractivity contribution >= 4 is 16.3 Å². The van der Waals surface area contributed by atoms with Crippen LogP contribution in [0.2, 0.25) is 0 Å². The Morgan fingerprint density at radius 3 is 2.57 bits per heavy atom. The fraction of sp³-hybridized carbons (Fsp3) is 0.312. The number of rotatable bonds is 4. The first-order valence-electron chi connectivity index (χ1n) is 7.06. The van der Waals surface area contributed by atoms with Gasteiger partial charge in [0.1, 0.15) is 5.75 Å². The molecule has 2 heterocycles. The molecule has 21 heavy (non-hydrogen) atoms. The van der Waals surface area contributed by atoms with E-state index in [-0.39, 0.29) is 0 Å². The van der Waals surface area contributed by atoms with Crippen molar-refractivity contribution in [3.63, 3.8) is 0 Å². The molecule has 0 saturated carbocycles. The van der Waals surface area contributed by atoms with Crippen LogP contribution in [0.15, 0.2) is 24.3 Å². The zero-order chi connectivity index (χ0) is 15.0. The number of aromatic nitrogens is 2. The van der Waals surface area contributed by atoms with Crippen molar-refractivity contribution in [2.24, 2.45) is 5.73 Å². The Balaban J connectivity index is 2.11. The van der Waals surface area contributed by atoms with E-state index in [2.05, 4.69) is 18.2 Å². The molecule has 0 aliphatic heterocycles. The number of hydrogen-bond acceptors (Lipinski definition) is 4. The molecule has 0 aliphatic carbocycles. The molecule has 0 amide bonds. The van der Waals surface area contributed by atoms with Gasteiger partial charge in [0, 0.05) is 22.7 Å². The average Bonchev–Trinajstić information content (AvgIpc) is 2.97. The number of ether oxygens (including phenoxy) is 1. The van der Waals surface area contributed by atoms with Gasteiger partial charge in [-0.25, -0.2) is 4.98 Å². The molecular weight excluding hydrogens is 282 g/mol. The number of hydrogen-bond donors (Lipinski definition) is 1. The van der Waals surface area contributed by atoms with Gasteiger partial charge in [-0.05, 0) is 45.0 Å². The van der Waals surface area contributed by atoms with E-state index < -0.39 is 0 Å². The third-order valence-electron chi connectivity index (χ3n) is 3.66. The molecule has 2 aromatic heterocycles. The smallest absolute Gasteiger partial charge is 0.194 e. The van der Waals surface area contributed by atoms with Gasteiger partial charge in [-0.1, -0.05) is 0 Å². The van der Waals surface area contributed by atoms with Crippen molar-refractivity contribution in [2.75, 3.05) is 6.61 Å². The van der Waals surface area contributed by atoms with E-state index in [1.807, 2.05) is 31.2 Å². The van der Waals surface area contributed by atoms with Crippen molar-refractivity contribution in [3.05, 3.63) is 40.5 Å². The fourth-order valence-electron chi connectivity index (χ4n) is 2.51. The van der Waals surface area contributed by atoms with E-state index in [0.717, 1.165) is 27.7 Å². The van der Waals surface area contributed by atoms with E-state index in [9.17, 15) is 0 Å². The molecule has 0 unspecified atom stereocenters. The maximum atomic E-state index is 5.97. The summed E-state index contributed by atoms with van der Waals surface area (Å²) >= 11 is 1.71. The van der Waals surface area contributed by atoms with Crippen LogP contribution >= 0.6 is 11.3 Å². The molecule has 3 rings (SSSR count). The summed E-state index contributed by atoms with van der Waals surface area (Å²) in [4.78, 5) is 7.06. The monoisotopic (exact) mass is 301 g/mol. The number of benzene rings is 1. The summed E-state index contributed by atoms with van der Waals surface area (Å²) in [6.07, 6.45) is 0. The van der Waals surface area contributed by atoms with Crippen LogP contribution in [0.1, 0.15) is 23.2 Å². The minimum absolute atomic E-state index is 0.473. The number of thiazole rings is 1. The molecule has 0 fully saturated rings. The normalized spacial score (nSPS) is 11.2. The third kappa shape index (κ3) is 2.32. The Morgan fingerprint density at radius 1 is 1.24 bits per heavy atom. The van der Waals surface area contributed by atoms with E-state index in [0.29, 0.717) is 13.2 Å². The summed E-state index contributed by atoms with van der Waals surface area (Å²) in [5, 5.41) is 0. The lowest BCUT2D eigenvalue weighted by Gasteiger charge is -2.06. The van der Waals surface area contributed by atoms with Crippen LogP contribution in [0.5, 0.6) is 5.75 Å². The minimum atomic E-state index is 0.473. The van der Waals surface area contributed by atoms with Crippen molar-refractivity contribution in [1.82, 2.24) is 9.38 Å². The van der Waals surface area contributed by atoms with Gasteiger partial charge in [-0.15, -0.1) is 11.3 Å². The van der Waals surface area contributed by atoms with Crippen molar-refractivity contribution < 1.29 is 4.74 Å². The van der Waals surface area contributed by atoms with Crippen LogP contribution in [-0.4, -0.2) is 16.0 Å². The Bertz CT molecular complexity index is 771. The van der Waals surface area contributed by atoms with Gasteiger partial charge >= 0.3 is 0 Å². The standard InChI is InChI=1S/C16H19N3OS/c1-4-20-13-7-5-12(6-8-13)15-14(9-17)19-10(2)11(3)21-16(19)18-15/h5-8H,4,9,17H2,1-3H3. The molecule has 3 aromatic rings. The second kappa shape index (κ2) is 5.50. The molecular formula is C16H19N3OS. The summed E-state index contributed by atoms with van der Waals surface area (Å²) in [5.41, 5.74) is 10.3. The largest absolute Gasteiger partial charge is 0.494 e. The number of nitrogens with two attached hydrogens (primary N) is 1. The topological polar surface area (TPSA) is 52.5 Å². The first-order chi connectivity index (χ1) is 10.2. The molecule has 0 spiro atoms. The molecule has 5 heteroatoms. The van der Waals surface area contributed by atoms with Crippen LogP contribution in [0.3, 0.4) is 0 Å². The Hall–Kier alpha value is -1.85. The van der Waals surface area contributed by atoms with Gasteiger partial charge in [0.15, 0.2) is 4.96 Å². The van der Waals surface area contributed by atoms with Crippen LogP contribution < -0.4 is 10.5 Å². The predicted molar refractivity (Wildman–Crippen MR) is 87.0 cm³/mol. The van der Waals surface area contributed by atoms with Crippen LogP contribution in [-0.2, 0) is 6.54 Å². The lowest BCUT2D eigenvalue weighted by Crippen LogP contribution is -2.03.